The van der Waals surface area contributed by atoms with Gasteiger partial charge in [0.2, 0.25) is 5.91 Å². The molecule has 0 spiro atoms. The fourth-order valence-corrected chi connectivity index (χ4v) is 2.30. The monoisotopic (exact) mass is 289 g/mol. The van der Waals surface area contributed by atoms with Crippen molar-refractivity contribution in [3.8, 4) is 0 Å². The van der Waals surface area contributed by atoms with Crippen LogP contribution in [0.25, 0.3) is 11.0 Å². The van der Waals surface area contributed by atoms with Gasteiger partial charge in [-0.25, -0.2) is 4.79 Å². The summed E-state index contributed by atoms with van der Waals surface area (Å²) in [6, 6.07) is 5.59. The number of nitrogens with one attached hydrogen (secondary N) is 1. The normalized spacial score (nSPS) is 10.8. The zero-order valence-electron chi connectivity index (χ0n) is 12.7. The molecule has 0 bridgehead atoms. The summed E-state index contributed by atoms with van der Waals surface area (Å²) in [7, 11) is 0. The number of hydrogen-bond acceptors (Lipinski definition) is 3. The van der Waals surface area contributed by atoms with Gasteiger partial charge in [0, 0.05) is 23.9 Å². The van der Waals surface area contributed by atoms with E-state index in [-0.39, 0.29) is 11.5 Å². The third-order valence-corrected chi connectivity index (χ3v) is 3.60. The predicted octanol–water partition coefficient (Wildman–Crippen LogP) is 0.609. The first-order valence-corrected chi connectivity index (χ1v) is 7.08. The van der Waals surface area contributed by atoms with Gasteiger partial charge in [0.25, 0.3) is 0 Å². The highest BCUT2D eigenvalue weighted by molar-refractivity contribution is 5.83. The summed E-state index contributed by atoms with van der Waals surface area (Å²) in [5, 5.41) is 5.80. The third-order valence-electron chi connectivity index (χ3n) is 3.60. The van der Waals surface area contributed by atoms with Crippen LogP contribution < -0.4 is 16.3 Å². The lowest BCUT2D eigenvalue weighted by Gasteiger charge is -2.08. The lowest BCUT2D eigenvalue weighted by atomic mass is 10.0. The molecule has 0 saturated carbocycles. The minimum Gasteiger partial charge on any atom is -0.422 e. The molecule has 0 radical (unpaired) electrons. The van der Waals surface area contributed by atoms with Crippen molar-refractivity contribution in [2.24, 2.45) is 0 Å². The third kappa shape index (κ3) is 3.70. The van der Waals surface area contributed by atoms with E-state index in [9.17, 15) is 9.59 Å². The molecule has 1 heterocycles. The van der Waals surface area contributed by atoms with E-state index in [4.69, 9.17) is 4.42 Å². The highest BCUT2D eigenvalue weighted by Crippen LogP contribution is 2.22. The highest BCUT2D eigenvalue weighted by Gasteiger charge is 2.10. The fraction of sp³-hybridized carbons (Fsp3) is 0.375. The maximum absolute atomic E-state index is 11.7. The van der Waals surface area contributed by atoms with E-state index >= 15 is 0 Å². The van der Waals surface area contributed by atoms with Crippen LogP contribution in [0, 0.1) is 13.8 Å². The van der Waals surface area contributed by atoms with Crippen molar-refractivity contribution in [1.29, 1.82) is 0 Å². The van der Waals surface area contributed by atoms with Crippen LogP contribution in [0.1, 0.15) is 23.6 Å². The first kappa shape index (κ1) is 15.3. The van der Waals surface area contributed by atoms with Crippen LogP contribution in [-0.4, -0.2) is 19.0 Å². The van der Waals surface area contributed by atoms with Gasteiger partial charge in [-0.2, -0.15) is 0 Å². The lowest BCUT2D eigenvalue weighted by Crippen LogP contribution is -2.84. The Morgan fingerprint density at radius 2 is 2.10 bits per heavy atom. The Morgan fingerprint density at radius 1 is 1.33 bits per heavy atom. The highest BCUT2D eigenvalue weighted by atomic mass is 16.4. The molecule has 1 aromatic heterocycles. The van der Waals surface area contributed by atoms with Crippen molar-refractivity contribution >= 4 is 16.9 Å². The molecule has 0 fully saturated rings. The fourth-order valence-electron chi connectivity index (χ4n) is 2.30. The molecule has 3 N–H and O–H groups in total. The van der Waals surface area contributed by atoms with Gasteiger partial charge in [0.15, 0.2) is 0 Å². The number of quaternary nitrogens is 1. The van der Waals surface area contributed by atoms with Crippen molar-refractivity contribution in [2.45, 2.75) is 27.3 Å². The van der Waals surface area contributed by atoms with E-state index in [2.05, 4.69) is 10.6 Å². The molecule has 0 saturated heterocycles. The molecule has 1 amide bonds. The van der Waals surface area contributed by atoms with Gasteiger partial charge in [-0.3, -0.25) is 4.79 Å². The van der Waals surface area contributed by atoms with E-state index < -0.39 is 0 Å². The Balaban J connectivity index is 2.18. The molecule has 5 heteroatoms. The molecule has 5 nitrogen and oxygen atoms in total. The largest absolute Gasteiger partial charge is 0.422 e. The summed E-state index contributed by atoms with van der Waals surface area (Å²) in [5.74, 6) is -0.0275. The van der Waals surface area contributed by atoms with E-state index in [0.717, 1.165) is 28.6 Å². The van der Waals surface area contributed by atoms with Gasteiger partial charge in [-0.1, -0.05) is 12.1 Å². The second-order valence-electron chi connectivity index (χ2n) is 5.24. The Kier molecular flexibility index (Phi) is 4.75. The smallest absolute Gasteiger partial charge is 0.336 e. The first-order valence-electron chi connectivity index (χ1n) is 7.08. The zero-order chi connectivity index (χ0) is 15.4. The molecule has 0 aliphatic rings. The lowest BCUT2D eigenvalue weighted by molar-refractivity contribution is -0.668. The van der Waals surface area contributed by atoms with E-state index in [1.165, 1.54) is 6.92 Å². The first-order chi connectivity index (χ1) is 9.99. The molecule has 0 unspecified atom stereocenters. The Hall–Kier alpha value is -2.14. The van der Waals surface area contributed by atoms with E-state index in [1.807, 2.05) is 26.0 Å². The van der Waals surface area contributed by atoms with Crippen molar-refractivity contribution in [2.75, 3.05) is 13.1 Å². The minimum atomic E-state index is -0.318. The number of carbonyl (C=O) groups excluding carboxylic acids is 1. The van der Waals surface area contributed by atoms with Gasteiger partial charge in [-0.15, -0.1) is 0 Å². The quantitative estimate of drug-likeness (QED) is 0.625. The van der Waals surface area contributed by atoms with Crippen molar-refractivity contribution in [1.82, 2.24) is 5.32 Å². The van der Waals surface area contributed by atoms with Crippen molar-refractivity contribution < 1.29 is 14.5 Å². The van der Waals surface area contributed by atoms with Gasteiger partial charge in [0.1, 0.15) is 12.1 Å². The second-order valence-corrected chi connectivity index (χ2v) is 5.24. The Morgan fingerprint density at radius 3 is 2.81 bits per heavy atom. The summed E-state index contributed by atoms with van der Waals surface area (Å²) >= 11 is 0. The van der Waals surface area contributed by atoms with Crippen LogP contribution in [0.3, 0.4) is 0 Å². The van der Waals surface area contributed by atoms with Gasteiger partial charge >= 0.3 is 5.63 Å². The Bertz CT molecular complexity index is 719. The topological polar surface area (TPSA) is 75.9 Å². The molecule has 21 heavy (non-hydrogen) atoms. The number of nitrogens with two attached hydrogens (primary N) is 1. The summed E-state index contributed by atoms with van der Waals surface area (Å²) in [6.07, 6.45) is 0. The summed E-state index contributed by atoms with van der Waals surface area (Å²) in [6.45, 7) is 7.54. The average Bonchev–Trinajstić information content (AvgIpc) is 2.42. The van der Waals surface area contributed by atoms with Crippen LogP contribution in [0.15, 0.2) is 27.4 Å². The molecule has 2 aromatic rings. The molecule has 1 aromatic carbocycles. The molecular formula is C16H21N2O3+. The van der Waals surface area contributed by atoms with Crippen LogP contribution in [0.5, 0.6) is 0 Å². The number of fused-ring (bicyclic) bond motifs is 1. The molecule has 2 rings (SSSR count). The van der Waals surface area contributed by atoms with Crippen molar-refractivity contribution in [3.05, 3.63) is 45.3 Å². The second kappa shape index (κ2) is 6.54. The molecule has 0 aliphatic carbocycles. The zero-order valence-corrected chi connectivity index (χ0v) is 12.7. The summed E-state index contributed by atoms with van der Waals surface area (Å²) in [5.41, 5.74) is 3.43. The van der Waals surface area contributed by atoms with Gasteiger partial charge in [0.05, 0.1) is 13.1 Å². The average molecular weight is 289 g/mol. The van der Waals surface area contributed by atoms with E-state index in [0.29, 0.717) is 18.7 Å². The number of aryl methyl sites for hydroxylation is 2. The van der Waals surface area contributed by atoms with Gasteiger partial charge in [-0.05, 0) is 25.0 Å². The molecular weight excluding hydrogens is 268 g/mol. The van der Waals surface area contributed by atoms with Gasteiger partial charge < -0.3 is 15.1 Å². The Labute approximate surface area is 123 Å². The number of benzene rings is 1. The van der Waals surface area contributed by atoms with E-state index in [1.54, 1.807) is 6.07 Å². The number of amides is 1. The SMILES string of the molecule is CC(=O)NCC[NH2+]Cc1cc(=O)oc2c(C)c(C)ccc12. The number of rotatable bonds is 5. The molecule has 112 valence electrons. The van der Waals surface area contributed by atoms with Crippen LogP contribution in [0.4, 0.5) is 0 Å². The van der Waals surface area contributed by atoms with Crippen LogP contribution >= 0.6 is 0 Å². The number of hydrogen-bond donors (Lipinski definition) is 2. The van der Waals surface area contributed by atoms with Crippen LogP contribution in [0.2, 0.25) is 0 Å². The maximum atomic E-state index is 11.7. The van der Waals surface area contributed by atoms with Crippen LogP contribution in [-0.2, 0) is 11.3 Å². The summed E-state index contributed by atoms with van der Waals surface area (Å²) < 4.78 is 5.35. The summed E-state index contributed by atoms with van der Waals surface area (Å²) in [4.78, 5) is 22.5. The molecule has 0 atom stereocenters. The minimum absolute atomic E-state index is 0.0275. The molecule has 0 aliphatic heterocycles. The number of carbonyl (C=O) groups is 1. The maximum Gasteiger partial charge on any atom is 0.336 e. The predicted molar refractivity (Wildman–Crippen MR) is 81.1 cm³/mol. The van der Waals surface area contributed by atoms with Crippen molar-refractivity contribution in [3.63, 3.8) is 0 Å². The standard InChI is InChI=1S/C16H20N2O3/c1-10-4-5-14-13(9-17-6-7-18-12(3)19)8-15(20)21-16(14)11(10)2/h4-5,8,17H,6-7,9H2,1-3H3,(H,18,19)/p+1.